The first kappa shape index (κ1) is 20.4. The molecule has 144 valence electrons. The molecule has 0 aliphatic carbocycles. The van der Waals surface area contributed by atoms with E-state index in [4.69, 9.17) is 9.47 Å². The maximum Gasteiger partial charge on any atom is 0.235 e. The molecule has 0 radical (unpaired) electrons. The van der Waals surface area contributed by atoms with Crippen LogP contribution in [0.2, 0.25) is 0 Å². The molecular weight excluding hydrogens is 326 g/mol. The van der Waals surface area contributed by atoms with Crippen LogP contribution in [0.5, 0.6) is 0 Å². The molecule has 0 aromatic carbocycles. The number of aromatic nitrogens is 1. The van der Waals surface area contributed by atoms with Crippen LogP contribution in [0.15, 0.2) is 28.2 Å². The third-order valence-electron chi connectivity index (χ3n) is 4.10. The Labute approximate surface area is 158 Å². The van der Waals surface area contributed by atoms with Gasteiger partial charge in [0, 0.05) is 0 Å². The summed E-state index contributed by atoms with van der Waals surface area (Å²) in [7, 11) is 0. The Hall–Kier alpha value is -1.91. The maximum absolute atomic E-state index is 5.75. The summed E-state index contributed by atoms with van der Waals surface area (Å²) < 4.78 is 11.5. The van der Waals surface area contributed by atoms with Gasteiger partial charge in [-0.2, -0.15) is 0 Å². The van der Waals surface area contributed by atoms with Crippen LogP contribution >= 0.6 is 0 Å². The van der Waals surface area contributed by atoms with E-state index < -0.39 is 0 Å². The monoisotopic (exact) mass is 359 g/mol. The fourth-order valence-electron chi connectivity index (χ4n) is 3.11. The third kappa shape index (κ3) is 5.55. The van der Waals surface area contributed by atoms with Gasteiger partial charge in [-0.3, -0.25) is 0 Å². The van der Waals surface area contributed by atoms with E-state index in [2.05, 4.69) is 42.7 Å². The quantitative estimate of drug-likeness (QED) is 0.752. The summed E-state index contributed by atoms with van der Waals surface area (Å²) in [5.41, 5.74) is 1.52. The van der Waals surface area contributed by atoms with E-state index in [1.807, 2.05) is 32.0 Å². The van der Waals surface area contributed by atoms with Crippen LogP contribution in [0.1, 0.15) is 65.8 Å². The molecule has 2 aliphatic rings. The largest absolute Gasteiger partial charge is 0.474 e. The maximum atomic E-state index is 5.75. The fraction of sp³-hybridized carbons (Fsp3) is 0.667. The summed E-state index contributed by atoms with van der Waals surface area (Å²) in [5.74, 6) is 2.50. The van der Waals surface area contributed by atoms with Crippen molar-refractivity contribution in [1.82, 2.24) is 4.98 Å². The molecule has 1 aromatic heterocycles. The van der Waals surface area contributed by atoms with Crippen molar-refractivity contribution in [1.29, 1.82) is 0 Å². The number of hydrogen-bond donors (Lipinski definition) is 0. The summed E-state index contributed by atoms with van der Waals surface area (Å²) in [5, 5.41) is 0. The van der Waals surface area contributed by atoms with E-state index in [0.717, 1.165) is 24.2 Å². The summed E-state index contributed by atoms with van der Waals surface area (Å²) in [6.45, 7) is 14.1. The molecule has 0 bridgehead atoms. The van der Waals surface area contributed by atoms with Crippen molar-refractivity contribution in [3.63, 3.8) is 0 Å². The van der Waals surface area contributed by atoms with Crippen LogP contribution < -0.4 is 0 Å². The molecule has 0 spiro atoms. The third-order valence-corrected chi connectivity index (χ3v) is 4.10. The number of hydrogen-bond acceptors (Lipinski definition) is 5. The average Bonchev–Trinajstić information content (AvgIpc) is 3.25. The highest BCUT2D eigenvalue weighted by Crippen LogP contribution is 2.19. The zero-order valence-corrected chi connectivity index (χ0v) is 17.0. The van der Waals surface area contributed by atoms with E-state index in [9.17, 15) is 0 Å². The summed E-state index contributed by atoms with van der Waals surface area (Å²) in [4.78, 5) is 14.0. The lowest BCUT2D eigenvalue weighted by Crippen LogP contribution is -2.10. The van der Waals surface area contributed by atoms with Gasteiger partial charge in [-0.05, 0) is 36.8 Å². The highest BCUT2D eigenvalue weighted by atomic mass is 16.5. The first-order chi connectivity index (χ1) is 12.5. The minimum absolute atomic E-state index is 0.237. The Kier molecular flexibility index (Phi) is 7.61. The van der Waals surface area contributed by atoms with Gasteiger partial charge >= 0.3 is 0 Å². The highest BCUT2D eigenvalue weighted by Gasteiger charge is 2.25. The molecule has 2 unspecified atom stereocenters. The van der Waals surface area contributed by atoms with Gasteiger partial charge in [-0.25, -0.2) is 15.0 Å². The van der Waals surface area contributed by atoms with Crippen molar-refractivity contribution in [2.45, 2.75) is 66.5 Å². The van der Waals surface area contributed by atoms with E-state index in [1.165, 1.54) is 0 Å². The Morgan fingerprint density at radius 2 is 1.27 bits per heavy atom. The standard InChI is InChI=1S/C19H27N3O2.C2H6/c1-12(2)8-14-10-23-18(20-14)16-6-5-7-17(22-16)19-21-15(11-24-19)9-13(3)4;1-2/h5-7,12-15H,8-11H2,1-4H3;1-2H3. The molecule has 26 heavy (non-hydrogen) atoms. The summed E-state index contributed by atoms with van der Waals surface area (Å²) in [6, 6.07) is 6.30. The predicted octanol–water partition coefficient (Wildman–Crippen LogP) is 4.49. The Morgan fingerprint density at radius 3 is 1.65 bits per heavy atom. The van der Waals surface area contributed by atoms with E-state index in [0.29, 0.717) is 36.8 Å². The normalized spacial score (nSPS) is 21.7. The van der Waals surface area contributed by atoms with Gasteiger partial charge in [-0.15, -0.1) is 0 Å². The fourth-order valence-corrected chi connectivity index (χ4v) is 3.11. The molecule has 2 aliphatic heterocycles. The van der Waals surface area contributed by atoms with E-state index in [-0.39, 0.29) is 12.1 Å². The molecule has 5 nitrogen and oxygen atoms in total. The molecule has 3 rings (SSSR count). The van der Waals surface area contributed by atoms with Crippen molar-refractivity contribution in [2.75, 3.05) is 13.2 Å². The predicted molar refractivity (Wildman–Crippen MR) is 107 cm³/mol. The van der Waals surface area contributed by atoms with Crippen LogP contribution in [0.3, 0.4) is 0 Å². The van der Waals surface area contributed by atoms with Crippen molar-refractivity contribution in [3.05, 3.63) is 29.6 Å². The van der Waals surface area contributed by atoms with Gasteiger partial charge in [-0.1, -0.05) is 47.6 Å². The second kappa shape index (κ2) is 9.70. The number of nitrogens with zero attached hydrogens (tertiary/aromatic N) is 3. The molecule has 2 atom stereocenters. The van der Waals surface area contributed by atoms with Crippen LogP contribution in [0.4, 0.5) is 0 Å². The molecule has 0 amide bonds. The van der Waals surface area contributed by atoms with E-state index >= 15 is 0 Å². The lowest BCUT2D eigenvalue weighted by atomic mass is 10.1. The van der Waals surface area contributed by atoms with Crippen molar-refractivity contribution >= 4 is 11.8 Å². The SMILES string of the molecule is CC.CC(C)CC1COC(c2cccc(C3=NC(CC(C)C)CO3)n2)=N1. The molecule has 0 N–H and O–H groups in total. The average molecular weight is 360 g/mol. The smallest absolute Gasteiger partial charge is 0.235 e. The number of aliphatic imine (C=N–C) groups is 2. The highest BCUT2D eigenvalue weighted by molar-refractivity contribution is 5.97. The van der Waals surface area contributed by atoms with Crippen molar-refractivity contribution < 1.29 is 9.47 Å². The molecule has 5 heteroatoms. The minimum Gasteiger partial charge on any atom is -0.474 e. The zero-order valence-electron chi connectivity index (χ0n) is 17.0. The summed E-state index contributed by atoms with van der Waals surface area (Å²) >= 11 is 0. The lowest BCUT2D eigenvalue weighted by molar-refractivity contribution is 0.299. The Balaban J connectivity index is 0.00000117. The van der Waals surface area contributed by atoms with Crippen molar-refractivity contribution in [3.8, 4) is 0 Å². The summed E-state index contributed by atoms with van der Waals surface area (Å²) in [6.07, 6.45) is 2.08. The van der Waals surface area contributed by atoms with Gasteiger partial charge in [0.05, 0.1) is 12.1 Å². The van der Waals surface area contributed by atoms with Crippen LogP contribution in [0.25, 0.3) is 0 Å². The minimum atomic E-state index is 0.237. The van der Waals surface area contributed by atoms with Gasteiger partial charge in [0.15, 0.2) is 0 Å². The molecule has 0 fully saturated rings. The second-order valence-corrected chi connectivity index (χ2v) is 7.47. The second-order valence-electron chi connectivity index (χ2n) is 7.47. The lowest BCUT2D eigenvalue weighted by Gasteiger charge is -2.06. The van der Waals surface area contributed by atoms with Crippen LogP contribution in [-0.2, 0) is 9.47 Å². The molecule has 0 saturated carbocycles. The topological polar surface area (TPSA) is 56.1 Å². The number of pyridine rings is 1. The molecule has 1 aromatic rings. The molecule has 0 saturated heterocycles. The zero-order chi connectivity index (χ0) is 19.1. The number of rotatable bonds is 6. The first-order valence-electron chi connectivity index (χ1n) is 9.90. The van der Waals surface area contributed by atoms with E-state index in [1.54, 1.807) is 0 Å². The molecule has 3 heterocycles. The van der Waals surface area contributed by atoms with Crippen molar-refractivity contribution in [2.24, 2.45) is 21.8 Å². The Bertz CT molecular complexity index is 587. The van der Waals surface area contributed by atoms with Gasteiger partial charge in [0.1, 0.15) is 24.6 Å². The van der Waals surface area contributed by atoms with Gasteiger partial charge in [0.2, 0.25) is 11.8 Å². The van der Waals surface area contributed by atoms with Crippen LogP contribution in [-0.4, -0.2) is 42.1 Å². The van der Waals surface area contributed by atoms with Crippen LogP contribution in [0, 0.1) is 11.8 Å². The number of ether oxygens (including phenoxy) is 2. The molecular formula is C21H33N3O2. The van der Waals surface area contributed by atoms with Gasteiger partial charge in [0.25, 0.3) is 0 Å². The van der Waals surface area contributed by atoms with Gasteiger partial charge < -0.3 is 9.47 Å². The Morgan fingerprint density at radius 1 is 0.846 bits per heavy atom. The first-order valence-corrected chi connectivity index (χ1v) is 9.90.